The summed E-state index contributed by atoms with van der Waals surface area (Å²) in [6, 6.07) is 12.4. The highest BCUT2D eigenvalue weighted by Crippen LogP contribution is 2.22. The van der Waals surface area contributed by atoms with Crippen LogP contribution in [0.15, 0.2) is 53.4 Å². The highest BCUT2D eigenvalue weighted by Gasteiger charge is 2.27. The summed E-state index contributed by atoms with van der Waals surface area (Å²) in [5.74, 6) is -0.373. The molecule has 0 spiro atoms. The molecule has 0 radical (unpaired) electrons. The van der Waals surface area contributed by atoms with E-state index in [4.69, 9.17) is 9.47 Å². The van der Waals surface area contributed by atoms with Crippen molar-refractivity contribution in [1.82, 2.24) is 4.31 Å². The van der Waals surface area contributed by atoms with Gasteiger partial charge in [0, 0.05) is 18.8 Å². The van der Waals surface area contributed by atoms with Gasteiger partial charge in [-0.1, -0.05) is 0 Å². The largest absolute Gasteiger partial charge is 0.481 e. The minimum absolute atomic E-state index is 0.207. The lowest BCUT2D eigenvalue weighted by Gasteiger charge is -2.17. The van der Waals surface area contributed by atoms with Crippen LogP contribution < -0.4 is 10.1 Å². The molecule has 2 aromatic carbocycles. The Bertz CT molecular complexity index is 1010. The SMILES string of the molecule is CCOC(=O)c1ccc(OC(C)C(=O)Nc2ccc(S(=O)(=O)N3CCCC3)cc2)cc1. The molecule has 1 heterocycles. The quantitative estimate of drug-likeness (QED) is 0.626. The molecule has 1 N–H and O–H groups in total. The van der Waals surface area contributed by atoms with Crippen LogP contribution >= 0.6 is 0 Å². The number of esters is 1. The van der Waals surface area contributed by atoms with E-state index < -0.39 is 22.1 Å². The van der Waals surface area contributed by atoms with Crippen LogP contribution in [-0.2, 0) is 19.6 Å². The summed E-state index contributed by atoms with van der Waals surface area (Å²) in [6.45, 7) is 4.70. The van der Waals surface area contributed by atoms with Gasteiger partial charge >= 0.3 is 5.97 Å². The van der Waals surface area contributed by atoms with Gasteiger partial charge in [0.25, 0.3) is 5.91 Å². The van der Waals surface area contributed by atoms with E-state index in [2.05, 4.69) is 5.32 Å². The zero-order valence-electron chi connectivity index (χ0n) is 17.5. The van der Waals surface area contributed by atoms with E-state index in [9.17, 15) is 18.0 Å². The Hall–Kier alpha value is -2.91. The van der Waals surface area contributed by atoms with Crippen molar-refractivity contribution in [3.63, 3.8) is 0 Å². The molecule has 0 aromatic heterocycles. The molecule has 1 atom stereocenters. The first-order valence-corrected chi connectivity index (χ1v) is 11.6. The fourth-order valence-electron chi connectivity index (χ4n) is 3.17. The number of carbonyl (C=O) groups excluding carboxylic acids is 2. The summed E-state index contributed by atoms with van der Waals surface area (Å²) < 4.78 is 37.2. The molecule has 9 heteroatoms. The molecule has 8 nitrogen and oxygen atoms in total. The summed E-state index contributed by atoms with van der Waals surface area (Å²) in [5, 5.41) is 2.71. The summed E-state index contributed by atoms with van der Waals surface area (Å²) in [6.07, 6.45) is 0.939. The van der Waals surface area contributed by atoms with Gasteiger partial charge in [-0.05, 0) is 75.2 Å². The summed E-state index contributed by atoms with van der Waals surface area (Å²) in [5.41, 5.74) is 0.869. The van der Waals surface area contributed by atoms with E-state index in [0.717, 1.165) is 12.8 Å². The van der Waals surface area contributed by atoms with Gasteiger partial charge < -0.3 is 14.8 Å². The van der Waals surface area contributed by atoms with Gasteiger partial charge in [-0.15, -0.1) is 0 Å². The number of sulfonamides is 1. The maximum atomic E-state index is 12.6. The smallest absolute Gasteiger partial charge is 0.338 e. The van der Waals surface area contributed by atoms with E-state index in [0.29, 0.717) is 36.7 Å². The molecule has 0 saturated carbocycles. The monoisotopic (exact) mass is 446 g/mol. The maximum absolute atomic E-state index is 12.6. The van der Waals surface area contributed by atoms with Crippen LogP contribution in [0.5, 0.6) is 5.75 Å². The molecule has 1 amide bonds. The average molecular weight is 447 g/mol. The maximum Gasteiger partial charge on any atom is 0.338 e. The van der Waals surface area contributed by atoms with Gasteiger partial charge in [-0.25, -0.2) is 13.2 Å². The van der Waals surface area contributed by atoms with Crippen LogP contribution in [0.1, 0.15) is 37.0 Å². The molecule has 166 valence electrons. The Morgan fingerprint density at radius 2 is 1.65 bits per heavy atom. The lowest BCUT2D eigenvalue weighted by Crippen LogP contribution is -2.30. The predicted molar refractivity (Wildman–Crippen MR) is 116 cm³/mol. The molecule has 1 aliphatic heterocycles. The number of carbonyl (C=O) groups is 2. The minimum Gasteiger partial charge on any atom is -0.481 e. The Labute approximate surface area is 182 Å². The Morgan fingerprint density at radius 1 is 1.03 bits per heavy atom. The third kappa shape index (κ3) is 5.62. The number of amides is 1. The molecular weight excluding hydrogens is 420 g/mol. The van der Waals surface area contributed by atoms with Crippen molar-refractivity contribution in [1.29, 1.82) is 0 Å². The summed E-state index contributed by atoms with van der Waals surface area (Å²) >= 11 is 0. The Kier molecular flexibility index (Phi) is 7.29. The Balaban J connectivity index is 1.57. The van der Waals surface area contributed by atoms with Crippen LogP contribution in [0.2, 0.25) is 0 Å². The number of rotatable bonds is 8. The van der Waals surface area contributed by atoms with Gasteiger partial charge in [0.2, 0.25) is 10.0 Å². The van der Waals surface area contributed by atoms with Crippen LogP contribution in [0.25, 0.3) is 0 Å². The number of benzene rings is 2. The molecule has 1 unspecified atom stereocenters. The number of hydrogen-bond acceptors (Lipinski definition) is 6. The summed E-state index contributed by atoms with van der Waals surface area (Å²) in [4.78, 5) is 24.3. The molecule has 31 heavy (non-hydrogen) atoms. The van der Waals surface area contributed by atoms with E-state index in [-0.39, 0.29) is 10.8 Å². The van der Waals surface area contributed by atoms with Crippen molar-refractivity contribution in [2.24, 2.45) is 0 Å². The van der Waals surface area contributed by atoms with Crippen molar-refractivity contribution >= 4 is 27.6 Å². The topological polar surface area (TPSA) is 102 Å². The normalized spacial score (nSPS) is 15.3. The second-order valence-electron chi connectivity index (χ2n) is 7.13. The number of hydrogen-bond donors (Lipinski definition) is 1. The Morgan fingerprint density at radius 3 is 2.23 bits per heavy atom. The van der Waals surface area contributed by atoms with Crippen molar-refractivity contribution < 1.29 is 27.5 Å². The van der Waals surface area contributed by atoms with Crippen molar-refractivity contribution in [2.45, 2.75) is 37.7 Å². The first-order chi connectivity index (χ1) is 14.8. The lowest BCUT2D eigenvalue weighted by atomic mass is 10.2. The number of nitrogens with zero attached hydrogens (tertiary/aromatic N) is 1. The van der Waals surface area contributed by atoms with E-state index in [1.807, 2.05) is 0 Å². The summed E-state index contributed by atoms with van der Waals surface area (Å²) in [7, 11) is -3.49. The molecule has 1 aliphatic rings. The van der Waals surface area contributed by atoms with Crippen LogP contribution in [0.4, 0.5) is 5.69 Å². The van der Waals surface area contributed by atoms with Gasteiger partial charge in [-0.3, -0.25) is 4.79 Å². The lowest BCUT2D eigenvalue weighted by molar-refractivity contribution is -0.122. The van der Waals surface area contributed by atoms with Crippen molar-refractivity contribution in [3.05, 3.63) is 54.1 Å². The number of nitrogens with one attached hydrogen (secondary N) is 1. The second-order valence-corrected chi connectivity index (χ2v) is 9.07. The molecule has 1 saturated heterocycles. The fraction of sp³-hybridized carbons (Fsp3) is 0.364. The van der Waals surface area contributed by atoms with Gasteiger partial charge in [0.05, 0.1) is 17.1 Å². The van der Waals surface area contributed by atoms with E-state index in [1.165, 1.54) is 16.4 Å². The third-order valence-electron chi connectivity index (χ3n) is 4.87. The van der Waals surface area contributed by atoms with Crippen LogP contribution in [-0.4, -0.2) is 50.4 Å². The zero-order chi connectivity index (χ0) is 22.4. The first-order valence-electron chi connectivity index (χ1n) is 10.2. The second kappa shape index (κ2) is 9.93. The van der Waals surface area contributed by atoms with E-state index >= 15 is 0 Å². The highest BCUT2D eigenvalue weighted by molar-refractivity contribution is 7.89. The molecule has 3 rings (SSSR count). The third-order valence-corrected chi connectivity index (χ3v) is 6.79. The first kappa shape index (κ1) is 22.8. The van der Waals surface area contributed by atoms with Crippen molar-refractivity contribution in [3.8, 4) is 5.75 Å². The standard InChI is InChI=1S/C22H26N2O6S/c1-3-29-22(26)17-6-10-19(11-7-17)30-16(2)21(25)23-18-8-12-20(13-9-18)31(27,28)24-14-4-5-15-24/h6-13,16H,3-5,14-15H2,1-2H3,(H,23,25). The molecule has 1 fully saturated rings. The molecular formula is C22H26N2O6S. The zero-order valence-corrected chi connectivity index (χ0v) is 18.4. The predicted octanol–water partition coefficient (Wildman–Crippen LogP) is 3.05. The van der Waals surface area contributed by atoms with Gasteiger partial charge in [-0.2, -0.15) is 4.31 Å². The average Bonchev–Trinajstić information content (AvgIpc) is 3.31. The molecule has 0 bridgehead atoms. The number of ether oxygens (including phenoxy) is 2. The van der Waals surface area contributed by atoms with Gasteiger partial charge in [0.15, 0.2) is 6.10 Å². The highest BCUT2D eigenvalue weighted by atomic mass is 32.2. The van der Waals surface area contributed by atoms with Crippen LogP contribution in [0, 0.1) is 0 Å². The van der Waals surface area contributed by atoms with E-state index in [1.54, 1.807) is 50.2 Å². The van der Waals surface area contributed by atoms with Gasteiger partial charge in [0.1, 0.15) is 5.75 Å². The molecule has 2 aromatic rings. The van der Waals surface area contributed by atoms with Crippen LogP contribution in [0.3, 0.4) is 0 Å². The fourth-order valence-corrected chi connectivity index (χ4v) is 4.69. The van der Waals surface area contributed by atoms with Crippen molar-refractivity contribution in [2.75, 3.05) is 25.0 Å². The molecule has 0 aliphatic carbocycles. The minimum atomic E-state index is -3.49. The number of anilines is 1.